The van der Waals surface area contributed by atoms with Gasteiger partial charge in [-0.1, -0.05) is 12.1 Å². The molecule has 0 aromatic heterocycles. The van der Waals surface area contributed by atoms with Crippen LogP contribution in [0.1, 0.15) is 31.2 Å². The van der Waals surface area contributed by atoms with E-state index >= 15 is 0 Å². The Bertz CT molecular complexity index is 510. The number of carboxylic acid groups (broad SMARTS) is 1. The lowest BCUT2D eigenvalue weighted by molar-refractivity contribution is -0.140. The molecule has 108 valence electrons. The van der Waals surface area contributed by atoms with Crippen LogP contribution in [0.25, 0.3) is 0 Å². The quantitative estimate of drug-likeness (QED) is 0.916. The zero-order valence-electron chi connectivity index (χ0n) is 11.8. The van der Waals surface area contributed by atoms with Crippen molar-refractivity contribution in [2.75, 3.05) is 20.1 Å². The molecule has 2 fully saturated rings. The van der Waals surface area contributed by atoms with Crippen LogP contribution in [0.5, 0.6) is 5.75 Å². The SMILES string of the molecule is CN1CCCC(Oc2cccc(C3(C(=O)O)CC3)c2)C1. The van der Waals surface area contributed by atoms with E-state index < -0.39 is 11.4 Å². The molecule has 0 radical (unpaired) electrons. The predicted molar refractivity (Wildman–Crippen MR) is 76.1 cm³/mol. The molecule has 0 bridgehead atoms. The summed E-state index contributed by atoms with van der Waals surface area (Å²) in [4.78, 5) is 13.7. The number of ether oxygens (including phenoxy) is 1. The smallest absolute Gasteiger partial charge is 0.314 e. The summed E-state index contributed by atoms with van der Waals surface area (Å²) in [5.74, 6) is 0.0855. The lowest BCUT2D eigenvalue weighted by Gasteiger charge is -2.30. The summed E-state index contributed by atoms with van der Waals surface area (Å²) in [6.07, 6.45) is 3.90. The van der Waals surface area contributed by atoms with Crippen molar-refractivity contribution < 1.29 is 14.6 Å². The van der Waals surface area contributed by atoms with Gasteiger partial charge in [0.15, 0.2) is 0 Å². The molecule has 1 saturated carbocycles. The maximum absolute atomic E-state index is 11.4. The highest BCUT2D eigenvalue weighted by atomic mass is 16.5. The molecule has 1 saturated heterocycles. The molecule has 1 aliphatic carbocycles. The van der Waals surface area contributed by atoms with E-state index in [1.165, 1.54) is 0 Å². The second-order valence-electron chi connectivity index (χ2n) is 6.06. The summed E-state index contributed by atoms with van der Waals surface area (Å²) in [7, 11) is 2.11. The average Bonchev–Trinajstić information content (AvgIpc) is 3.20. The van der Waals surface area contributed by atoms with Gasteiger partial charge in [-0.3, -0.25) is 4.79 Å². The van der Waals surface area contributed by atoms with Gasteiger partial charge in [0.25, 0.3) is 0 Å². The molecule has 3 rings (SSSR count). The molecule has 1 aliphatic heterocycles. The normalized spacial score (nSPS) is 25.1. The molecule has 1 aromatic rings. The summed E-state index contributed by atoms with van der Waals surface area (Å²) in [6, 6.07) is 7.65. The van der Waals surface area contributed by atoms with Gasteiger partial charge in [-0.2, -0.15) is 0 Å². The minimum absolute atomic E-state index is 0.212. The predicted octanol–water partition coefficient (Wildman–Crippen LogP) is 2.28. The van der Waals surface area contributed by atoms with Gasteiger partial charge in [-0.15, -0.1) is 0 Å². The maximum Gasteiger partial charge on any atom is 0.314 e. The molecule has 4 heteroatoms. The van der Waals surface area contributed by atoms with E-state index in [0.29, 0.717) is 0 Å². The van der Waals surface area contributed by atoms with Crippen molar-refractivity contribution in [3.8, 4) is 5.75 Å². The van der Waals surface area contributed by atoms with Crippen LogP contribution in [0, 0.1) is 0 Å². The number of benzene rings is 1. The fourth-order valence-electron chi connectivity index (χ4n) is 3.03. The van der Waals surface area contributed by atoms with Crippen LogP contribution in [0.2, 0.25) is 0 Å². The maximum atomic E-state index is 11.4. The van der Waals surface area contributed by atoms with Gasteiger partial charge in [-0.05, 0) is 57.0 Å². The highest BCUT2D eigenvalue weighted by Gasteiger charge is 2.51. The molecule has 1 N–H and O–H groups in total. The Morgan fingerprint density at radius 1 is 1.45 bits per heavy atom. The summed E-state index contributed by atoms with van der Waals surface area (Å²) >= 11 is 0. The second kappa shape index (κ2) is 5.09. The molecule has 0 spiro atoms. The van der Waals surface area contributed by atoms with E-state index in [2.05, 4.69) is 11.9 Å². The molecule has 1 atom stereocenters. The van der Waals surface area contributed by atoms with E-state index in [4.69, 9.17) is 4.74 Å². The number of piperidine rings is 1. The number of nitrogens with zero attached hydrogens (tertiary/aromatic N) is 1. The summed E-state index contributed by atoms with van der Waals surface area (Å²) in [5.41, 5.74) is 0.231. The number of likely N-dealkylation sites (N-methyl/N-ethyl adjacent to an activating group) is 1. The third kappa shape index (κ3) is 2.52. The van der Waals surface area contributed by atoms with Gasteiger partial charge in [0.2, 0.25) is 0 Å². The number of carbonyl (C=O) groups is 1. The second-order valence-corrected chi connectivity index (χ2v) is 6.06. The first-order valence-corrected chi connectivity index (χ1v) is 7.29. The van der Waals surface area contributed by atoms with Crippen LogP contribution >= 0.6 is 0 Å². The van der Waals surface area contributed by atoms with Crippen LogP contribution in [0.4, 0.5) is 0 Å². The zero-order valence-corrected chi connectivity index (χ0v) is 11.8. The van der Waals surface area contributed by atoms with Gasteiger partial charge in [-0.25, -0.2) is 0 Å². The molecule has 20 heavy (non-hydrogen) atoms. The number of aliphatic carboxylic acids is 1. The molecule has 1 heterocycles. The Kier molecular flexibility index (Phi) is 3.42. The van der Waals surface area contributed by atoms with Gasteiger partial charge in [0, 0.05) is 6.54 Å². The molecule has 2 aliphatic rings. The molecule has 1 unspecified atom stereocenters. The van der Waals surface area contributed by atoms with Crippen molar-refractivity contribution in [3.63, 3.8) is 0 Å². The topological polar surface area (TPSA) is 49.8 Å². The molecular formula is C16H21NO3. The minimum Gasteiger partial charge on any atom is -0.489 e. The number of carboxylic acids is 1. The van der Waals surface area contributed by atoms with Crippen LogP contribution in [-0.2, 0) is 10.2 Å². The third-order valence-corrected chi connectivity index (χ3v) is 4.43. The monoisotopic (exact) mass is 275 g/mol. The lowest BCUT2D eigenvalue weighted by atomic mass is 9.96. The Labute approximate surface area is 119 Å². The minimum atomic E-state index is -0.716. The average molecular weight is 275 g/mol. The fraction of sp³-hybridized carbons (Fsp3) is 0.562. The van der Waals surface area contributed by atoms with Crippen molar-refractivity contribution in [2.24, 2.45) is 0 Å². The summed E-state index contributed by atoms with van der Waals surface area (Å²) in [6.45, 7) is 2.07. The Morgan fingerprint density at radius 3 is 2.90 bits per heavy atom. The van der Waals surface area contributed by atoms with E-state index in [1.54, 1.807) is 0 Å². The third-order valence-electron chi connectivity index (χ3n) is 4.43. The molecule has 4 nitrogen and oxygen atoms in total. The van der Waals surface area contributed by atoms with Crippen molar-refractivity contribution in [2.45, 2.75) is 37.2 Å². The number of hydrogen-bond donors (Lipinski definition) is 1. The Balaban J connectivity index is 1.73. The van der Waals surface area contributed by atoms with Crippen molar-refractivity contribution in [3.05, 3.63) is 29.8 Å². The summed E-state index contributed by atoms with van der Waals surface area (Å²) < 4.78 is 6.03. The summed E-state index contributed by atoms with van der Waals surface area (Å²) in [5, 5.41) is 9.36. The van der Waals surface area contributed by atoms with Crippen LogP contribution in [-0.4, -0.2) is 42.2 Å². The van der Waals surface area contributed by atoms with Crippen LogP contribution in [0.15, 0.2) is 24.3 Å². The van der Waals surface area contributed by atoms with Gasteiger partial charge < -0.3 is 14.7 Å². The van der Waals surface area contributed by atoms with Crippen molar-refractivity contribution in [1.82, 2.24) is 4.90 Å². The van der Waals surface area contributed by atoms with Crippen LogP contribution < -0.4 is 4.74 Å². The van der Waals surface area contributed by atoms with Gasteiger partial charge in [0.05, 0.1) is 5.41 Å². The fourth-order valence-corrected chi connectivity index (χ4v) is 3.03. The number of likely N-dealkylation sites (tertiary alicyclic amines) is 1. The van der Waals surface area contributed by atoms with Crippen molar-refractivity contribution >= 4 is 5.97 Å². The number of rotatable bonds is 4. The standard InChI is InChI=1S/C16H21NO3/c1-17-9-3-6-14(11-17)20-13-5-2-4-12(10-13)16(7-8-16)15(18)19/h2,4-5,10,14H,3,6-9,11H2,1H3,(H,18,19). The van der Waals surface area contributed by atoms with Gasteiger partial charge >= 0.3 is 5.97 Å². The van der Waals surface area contributed by atoms with Gasteiger partial charge in [0.1, 0.15) is 11.9 Å². The molecular weight excluding hydrogens is 254 g/mol. The highest BCUT2D eigenvalue weighted by Crippen LogP contribution is 2.49. The van der Waals surface area contributed by atoms with Crippen molar-refractivity contribution in [1.29, 1.82) is 0 Å². The van der Waals surface area contributed by atoms with E-state index in [1.807, 2.05) is 24.3 Å². The lowest BCUT2D eigenvalue weighted by Crippen LogP contribution is -2.38. The Morgan fingerprint density at radius 2 is 2.25 bits per heavy atom. The zero-order chi connectivity index (χ0) is 14.2. The first-order valence-electron chi connectivity index (χ1n) is 7.29. The van der Waals surface area contributed by atoms with E-state index in [0.717, 1.165) is 50.1 Å². The van der Waals surface area contributed by atoms with E-state index in [9.17, 15) is 9.90 Å². The Hall–Kier alpha value is -1.55. The number of hydrogen-bond acceptors (Lipinski definition) is 3. The highest BCUT2D eigenvalue weighted by molar-refractivity contribution is 5.85. The largest absolute Gasteiger partial charge is 0.489 e. The first kappa shape index (κ1) is 13.4. The van der Waals surface area contributed by atoms with Crippen LogP contribution in [0.3, 0.4) is 0 Å². The first-order chi connectivity index (χ1) is 9.60. The molecule has 1 aromatic carbocycles. The van der Waals surface area contributed by atoms with E-state index in [-0.39, 0.29) is 6.10 Å². The molecule has 0 amide bonds.